The van der Waals surface area contributed by atoms with Crippen LogP contribution < -0.4 is 5.73 Å². The van der Waals surface area contributed by atoms with Crippen LogP contribution in [-0.4, -0.2) is 28.3 Å². The van der Waals surface area contributed by atoms with Crippen molar-refractivity contribution < 1.29 is 22.9 Å². The Balaban J connectivity index is 1.90. The van der Waals surface area contributed by atoms with Crippen LogP contribution in [0.5, 0.6) is 0 Å². The summed E-state index contributed by atoms with van der Waals surface area (Å²) in [5.41, 5.74) is 4.71. The molecule has 0 bridgehead atoms. The van der Waals surface area contributed by atoms with E-state index in [1.807, 2.05) is 0 Å². The lowest BCUT2D eigenvalue weighted by molar-refractivity contribution is -0.385. The van der Waals surface area contributed by atoms with Gasteiger partial charge in [-0.25, -0.2) is 0 Å². The van der Waals surface area contributed by atoms with Gasteiger partial charge in [-0.3, -0.25) is 14.9 Å². The van der Waals surface area contributed by atoms with Crippen molar-refractivity contribution in [2.75, 3.05) is 6.54 Å². The third kappa shape index (κ3) is 3.46. The van der Waals surface area contributed by atoms with Crippen LogP contribution in [0.25, 0.3) is 0 Å². The molecule has 1 aromatic carbocycles. The summed E-state index contributed by atoms with van der Waals surface area (Å²) in [5, 5.41) is 11.2. The summed E-state index contributed by atoms with van der Waals surface area (Å²) < 4.78 is 39.1. The van der Waals surface area contributed by atoms with Crippen LogP contribution in [-0.2, 0) is 23.9 Å². The van der Waals surface area contributed by atoms with Gasteiger partial charge >= 0.3 is 6.18 Å². The van der Waals surface area contributed by atoms with Crippen LogP contribution in [0.2, 0.25) is 0 Å². The molecule has 0 spiro atoms. The van der Waals surface area contributed by atoms with Gasteiger partial charge in [-0.1, -0.05) is 0 Å². The zero-order valence-electron chi connectivity index (χ0n) is 13.4. The number of carbonyl (C=O) groups excluding carboxylic acids is 1. The Kier molecular flexibility index (Phi) is 4.44. The molecule has 2 aliphatic rings. The van der Waals surface area contributed by atoms with Crippen LogP contribution in [0.3, 0.4) is 0 Å². The van der Waals surface area contributed by atoms with Gasteiger partial charge in [0, 0.05) is 36.7 Å². The first-order chi connectivity index (χ1) is 11.7. The van der Waals surface area contributed by atoms with E-state index in [1.54, 1.807) is 0 Å². The molecule has 6 nitrogen and oxygen atoms in total. The molecule has 2 unspecified atom stereocenters. The summed E-state index contributed by atoms with van der Waals surface area (Å²) >= 11 is 0. The van der Waals surface area contributed by atoms with E-state index in [-0.39, 0.29) is 48.5 Å². The van der Waals surface area contributed by atoms with E-state index in [2.05, 4.69) is 0 Å². The number of rotatable bonds is 2. The van der Waals surface area contributed by atoms with E-state index in [0.29, 0.717) is 18.9 Å². The number of fused-ring (bicyclic) bond motifs is 1. The van der Waals surface area contributed by atoms with Gasteiger partial charge in [-0.15, -0.1) is 0 Å². The van der Waals surface area contributed by atoms with Crippen molar-refractivity contribution in [3.63, 3.8) is 0 Å². The molecular weight excluding hydrogens is 339 g/mol. The fourth-order valence-electron chi connectivity index (χ4n) is 3.69. The standard InChI is InChI=1S/C16H18F3N3O3/c17-16(18,19)11-5-10-8-21(15(23)9-1-2-12(20)6-9)4-3-13(10)14(7-11)22(24)25/h5,7,9,12H,1-4,6,8,20H2. The van der Waals surface area contributed by atoms with Gasteiger partial charge in [-0.05, 0) is 37.3 Å². The third-order valence-electron chi connectivity index (χ3n) is 4.97. The molecule has 9 heteroatoms. The van der Waals surface area contributed by atoms with Crippen molar-refractivity contribution in [3.05, 3.63) is 38.9 Å². The first-order valence-corrected chi connectivity index (χ1v) is 8.08. The summed E-state index contributed by atoms with van der Waals surface area (Å²) in [6, 6.07) is 1.47. The molecular formula is C16H18F3N3O3. The van der Waals surface area contributed by atoms with Gasteiger partial charge < -0.3 is 10.6 Å². The van der Waals surface area contributed by atoms with Crippen molar-refractivity contribution >= 4 is 11.6 Å². The van der Waals surface area contributed by atoms with E-state index in [1.165, 1.54) is 4.90 Å². The van der Waals surface area contributed by atoms with Gasteiger partial charge in [0.25, 0.3) is 5.69 Å². The molecule has 2 atom stereocenters. The quantitative estimate of drug-likeness (QED) is 0.651. The average molecular weight is 357 g/mol. The molecule has 1 saturated carbocycles. The van der Waals surface area contributed by atoms with Crippen molar-refractivity contribution in [2.24, 2.45) is 11.7 Å². The smallest absolute Gasteiger partial charge is 0.338 e. The van der Waals surface area contributed by atoms with Crippen molar-refractivity contribution in [1.29, 1.82) is 0 Å². The number of hydrogen-bond acceptors (Lipinski definition) is 4. The first-order valence-electron chi connectivity index (χ1n) is 8.08. The zero-order chi connectivity index (χ0) is 18.4. The first kappa shape index (κ1) is 17.7. The average Bonchev–Trinajstić information content (AvgIpc) is 2.98. The Morgan fingerprint density at radius 1 is 1.32 bits per heavy atom. The van der Waals surface area contributed by atoms with Crippen LogP contribution in [0.15, 0.2) is 12.1 Å². The van der Waals surface area contributed by atoms with E-state index >= 15 is 0 Å². The largest absolute Gasteiger partial charge is 0.416 e. The second kappa shape index (κ2) is 6.29. The molecule has 25 heavy (non-hydrogen) atoms. The summed E-state index contributed by atoms with van der Waals surface area (Å²) in [7, 11) is 0. The second-order valence-electron chi connectivity index (χ2n) is 6.67. The highest BCUT2D eigenvalue weighted by Gasteiger charge is 2.37. The Morgan fingerprint density at radius 3 is 2.60 bits per heavy atom. The zero-order valence-corrected chi connectivity index (χ0v) is 13.4. The van der Waals surface area contributed by atoms with Crippen LogP contribution in [0, 0.1) is 16.0 Å². The Labute approximate surface area is 141 Å². The summed E-state index contributed by atoms with van der Waals surface area (Å²) in [6.07, 6.45) is -2.50. The summed E-state index contributed by atoms with van der Waals surface area (Å²) in [5.74, 6) is -0.337. The lowest BCUT2D eigenvalue weighted by atomic mass is 9.94. The van der Waals surface area contributed by atoms with Gasteiger partial charge in [0.2, 0.25) is 5.91 Å². The van der Waals surface area contributed by atoms with Crippen molar-refractivity contribution in [1.82, 2.24) is 4.90 Å². The minimum absolute atomic E-state index is 0.0241. The highest BCUT2D eigenvalue weighted by atomic mass is 19.4. The van der Waals surface area contributed by atoms with Crippen LogP contribution in [0.1, 0.15) is 36.0 Å². The molecule has 2 N–H and O–H groups in total. The van der Waals surface area contributed by atoms with Gasteiger partial charge in [0.15, 0.2) is 0 Å². The Morgan fingerprint density at radius 2 is 2.04 bits per heavy atom. The number of benzene rings is 1. The van der Waals surface area contributed by atoms with Gasteiger partial charge in [0.05, 0.1) is 10.5 Å². The second-order valence-corrected chi connectivity index (χ2v) is 6.67. The Hall–Kier alpha value is -2.16. The number of nitrogens with zero attached hydrogens (tertiary/aromatic N) is 2. The molecule has 1 aromatic rings. The topological polar surface area (TPSA) is 89.5 Å². The number of halogens is 3. The van der Waals surface area contributed by atoms with Crippen LogP contribution in [0.4, 0.5) is 18.9 Å². The number of amides is 1. The summed E-state index contributed by atoms with van der Waals surface area (Å²) in [4.78, 5) is 24.4. The molecule has 1 heterocycles. The fourth-order valence-corrected chi connectivity index (χ4v) is 3.69. The van der Waals surface area contributed by atoms with Crippen molar-refractivity contribution in [2.45, 2.75) is 44.4 Å². The number of nitro benzene ring substituents is 1. The molecule has 1 fully saturated rings. The normalized spacial score (nSPS) is 23.4. The molecule has 136 valence electrons. The molecule has 0 aromatic heterocycles. The predicted molar refractivity (Wildman–Crippen MR) is 82.5 cm³/mol. The summed E-state index contributed by atoms with van der Waals surface area (Å²) in [6.45, 7) is 0.231. The maximum atomic E-state index is 13.0. The van der Waals surface area contributed by atoms with Crippen LogP contribution >= 0.6 is 0 Å². The minimum Gasteiger partial charge on any atom is -0.338 e. The molecule has 0 radical (unpaired) electrons. The molecule has 3 rings (SSSR count). The monoisotopic (exact) mass is 357 g/mol. The maximum absolute atomic E-state index is 13.0. The highest BCUT2D eigenvalue weighted by molar-refractivity contribution is 5.79. The Bertz CT molecular complexity index is 721. The third-order valence-corrected chi connectivity index (χ3v) is 4.97. The molecule has 0 saturated heterocycles. The SMILES string of the molecule is NC1CCC(C(=O)N2CCc3c(cc(C(F)(F)F)cc3[N+](=O)[O-])C2)C1. The number of alkyl halides is 3. The minimum atomic E-state index is -4.68. The predicted octanol–water partition coefficient (Wildman–Crippen LogP) is 2.63. The number of carbonyl (C=O) groups is 1. The molecule has 1 aliphatic heterocycles. The van der Waals surface area contributed by atoms with E-state index in [9.17, 15) is 28.1 Å². The van der Waals surface area contributed by atoms with Crippen molar-refractivity contribution in [3.8, 4) is 0 Å². The number of hydrogen-bond donors (Lipinski definition) is 1. The lowest BCUT2D eigenvalue weighted by Gasteiger charge is -2.31. The van der Waals surface area contributed by atoms with Gasteiger partial charge in [-0.2, -0.15) is 13.2 Å². The lowest BCUT2D eigenvalue weighted by Crippen LogP contribution is -2.39. The molecule has 1 amide bonds. The van der Waals surface area contributed by atoms with E-state index in [4.69, 9.17) is 5.73 Å². The highest BCUT2D eigenvalue weighted by Crippen LogP contribution is 2.37. The van der Waals surface area contributed by atoms with E-state index < -0.39 is 22.4 Å². The van der Waals surface area contributed by atoms with E-state index in [0.717, 1.165) is 12.5 Å². The number of nitrogens with two attached hydrogens (primary N) is 1. The van der Waals surface area contributed by atoms with Gasteiger partial charge in [0.1, 0.15) is 0 Å². The maximum Gasteiger partial charge on any atom is 0.416 e. The fraction of sp³-hybridized carbons (Fsp3) is 0.562. The number of nitro groups is 1. The molecule has 1 aliphatic carbocycles.